The molecule has 96 valence electrons. The second-order valence-electron chi connectivity index (χ2n) is 3.86. The van der Waals surface area contributed by atoms with Gasteiger partial charge in [0.1, 0.15) is 5.82 Å². The third-order valence-electron chi connectivity index (χ3n) is 2.49. The number of thioether (sulfide) groups is 1. The molecule has 0 aliphatic heterocycles. The summed E-state index contributed by atoms with van der Waals surface area (Å²) in [5, 5.41) is 2.26. The van der Waals surface area contributed by atoms with E-state index >= 15 is 0 Å². The van der Waals surface area contributed by atoms with Crippen LogP contribution in [0.2, 0.25) is 0 Å². The summed E-state index contributed by atoms with van der Waals surface area (Å²) in [5.41, 5.74) is 0.610. The van der Waals surface area contributed by atoms with E-state index in [4.69, 9.17) is 6.42 Å². The minimum Gasteiger partial charge on any atom is -0.344 e. The third kappa shape index (κ3) is 4.08. The maximum Gasteiger partial charge on any atom is 0.233 e. The first-order valence-corrected chi connectivity index (χ1v) is 6.61. The number of nitrogens with one attached hydrogen (secondary N) is 1. The van der Waals surface area contributed by atoms with Gasteiger partial charge in [-0.3, -0.25) is 4.79 Å². The van der Waals surface area contributed by atoms with Gasteiger partial charge in [-0.05, 0) is 19.9 Å². The first-order valence-electron chi connectivity index (χ1n) is 5.67. The number of hydrogen-bond donors (Lipinski definition) is 1. The van der Waals surface area contributed by atoms with E-state index in [9.17, 15) is 9.18 Å². The molecule has 0 aromatic heterocycles. The van der Waals surface area contributed by atoms with E-state index in [1.807, 2.05) is 6.92 Å². The summed E-state index contributed by atoms with van der Waals surface area (Å²) >= 11 is 1.40. The maximum atomic E-state index is 13.6. The molecule has 0 bridgehead atoms. The van der Waals surface area contributed by atoms with Crippen LogP contribution in [0.3, 0.4) is 0 Å². The van der Waals surface area contributed by atoms with Crippen molar-refractivity contribution in [2.75, 3.05) is 6.54 Å². The van der Waals surface area contributed by atoms with Gasteiger partial charge in [-0.1, -0.05) is 24.1 Å². The Bertz CT molecular complexity index is 455. The lowest BCUT2D eigenvalue weighted by Crippen LogP contribution is -2.31. The number of halogens is 1. The van der Waals surface area contributed by atoms with Gasteiger partial charge >= 0.3 is 0 Å². The van der Waals surface area contributed by atoms with Crippen LogP contribution in [-0.2, 0) is 4.79 Å². The van der Waals surface area contributed by atoms with Gasteiger partial charge in [0, 0.05) is 10.8 Å². The van der Waals surface area contributed by atoms with Crippen LogP contribution in [0, 0.1) is 18.2 Å². The maximum absolute atomic E-state index is 13.6. The number of hydrogen-bond acceptors (Lipinski definition) is 2. The van der Waals surface area contributed by atoms with Gasteiger partial charge in [0.2, 0.25) is 5.91 Å². The smallest absolute Gasteiger partial charge is 0.233 e. The Kier molecular flexibility index (Phi) is 5.73. The summed E-state index contributed by atoms with van der Waals surface area (Å²) in [7, 11) is 0. The second kappa shape index (κ2) is 7.07. The van der Waals surface area contributed by atoms with Crippen molar-refractivity contribution in [3.63, 3.8) is 0 Å². The molecule has 0 aliphatic rings. The molecule has 0 heterocycles. The van der Waals surface area contributed by atoms with Crippen molar-refractivity contribution in [1.29, 1.82) is 0 Å². The summed E-state index contributed by atoms with van der Waals surface area (Å²) in [6.45, 7) is 3.89. The van der Waals surface area contributed by atoms with Gasteiger partial charge < -0.3 is 5.32 Å². The van der Waals surface area contributed by atoms with Crippen LogP contribution in [0.5, 0.6) is 0 Å². The molecule has 0 saturated carbocycles. The van der Waals surface area contributed by atoms with Crippen molar-refractivity contribution >= 4 is 17.7 Å². The lowest BCUT2D eigenvalue weighted by molar-refractivity contribution is -0.120. The van der Waals surface area contributed by atoms with Crippen LogP contribution in [0.4, 0.5) is 4.39 Å². The monoisotopic (exact) mass is 265 g/mol. The highest BCUT2D eigenvalue weighted by Crippen LogP contribution is 2.32. The molecular formula is C14H16FNOS. The lowest BCUT2D eigenvalue weighted by atomic mass is 10.1. The molecule has 0 spiro atoms. The highest BCUT2D eigenvalue weighted by Gasteiger charge is 2.19. The van der Waals surface area contributed by atoms with Gasteiger partial charge in [-0.2, -0.15) is 0 Å². The fraction of sp³-hybridized carbons (Fsp3) is 0.357. The molecule has 0 fully saturated rings. The molecule has 1 amide bonds. The SMILES string of the molecule is C#CCNC(=O)C(C)SC(C)c1ccccc1F. The summed E-state index contributed by atoms with van der Waals surface area (Å²) in [6, 6.07) is 6.60. The largest absolute Gasteiger partial charge is 0.344 e. The van der Waals surface area contributed by atoms with E-state index in [0.29, 0.717) is 5.56 Å². The predicted molar refractivity (Wildman–Crippen MR) is 73.7 cm³/mol. The number of terminal acetylenes is 1. The highest BCUT2D eigenvalue weighted by atomic mass is 32.2. The van der Waals surface area contributed by atoms with Gasteiger partial charge in [0.05, 0.1) is 11.8 Å². The predicted octanol–water partition coefficient (Wildman–Crippen LogP) is 2.76. The van der Waals surface area contributed by atoms with Crippen molar-refractivity contribution in [3.05, 3.63) is 35.6 Å². The molecule has 1 N–H and O–H groups in total. The molecule has 4 heteroatoms. The number of amides is 1. The normalized spacial score (nSPS) is 13.4. The Balaban J connectivity index is 2.60. The van der Waals surface area contributed by atoms with Crippen molar-refractivity contribution in [1.82, 2.24) is 5.32 Å². The minimum atomic E-state index is -0.270. The van der Waals surface area contributed by atoms with Crippen LogP contribution >= 0.6 is 11.8 Å². The fourth-order valence-corrected chi connectivity index (χ4v) is 2.69. The molecule has 1 aromatic rings. The molecule has 0 radical (unpaired) electrons. The first kappa shape index (κ1) is 14.6. The molecule has 2 unspecified atom stereocenters. The zero-order chi connectivity index (χ0) is 13.5. The molecule has 18 heavy (non-hydrogen) atoms. The van der Waals surface area contributed by atoms with E-state index in [-0.39, 0.29) is 28.8 Å². The molecule has 1 aromatic carbocycles. The number of rotatable bonds is 5. The van der Waals surface area contributed by atoms with Crippen molar-refractivity contribution in [2.45, 2.75) is 24.3 Å². The van der Waals surface area contributed by atoms with Crippen LogP contribution in [0.1, 0.15) is 24.7 Å². The highest BCUT2D eigenvalue weighted by molar-refractivity contribution is 8.00. The van der Waals surface area contributed by atoms with E-state index in [1.54, 1.807) is 25.1 Å². The third-order valence-corrected chi connectivity index (χ3v) is 3.77. The van der Waals surface area contributed by atoms with Gasteiger partial charge in [-0.25, -0.2) is 4.39 Å². The summed E-state index contributed by atoms with van der Waals surface area (Å²) in [4.78, 5) is 11.6. The fourth-order valence-electron chi connectivity index (χ4n) is 1.53. The molecule has 0 aliphatic carbocycles. The molecule has 0 saturated heterocycles. The number of carbonyl (C=O) groups is 1. The second-order valence-corrected chi connectivity index (χ2v) is 5.55. The summed E-state index contributed by atoms with van der Waals surface area (Å²) in [5.74, 6) is 1.98. The topological polar surface area (TPSA) is 29.1 Å². The van der Waals surface area contributed by atoms with E-state index in [2.05, 4.69) is 11.2 Å². The Labute approximate surface area is 111 Å². The Hall–Kier alpha value is -1.47. The Morgan fingerprint density at radius 2 is 2.17 bits per heavy atom. The van der Waals surface area contributed by atoms with E-state index in [0.717, 1.165) is 0 Å². The molecule has 2 nitrogen and oxygen atoms in total. The summed E-state index contributed by atoms with van der Waals surface area (Å²) < 4.78 is 13.6. The average molecular weight is 265 g/mol. The van der Waals surface area contributed by atoms with Gasteiger partial charge in [0.25, 0.3) is 0 Å². The average Bonchev–Trinajstić information content (AvgIpc) is 2.36. The van der Waals surface area contributed by atoms with E-state index in [1.165, 1.54) is 17.8 Å². The lowest BCUT2D eigenvalue weighted by Gasteiger charge is -2.17. The van der Waals surface area contributed by atoms with Crippen molar-refractivity contribution in [2.24, 2.45) is 0 Å². The van der Waals surface area contributed by atoms with Gasteiger partial charge in [-0.15, -0.1) is 18.2 Å². The zero-order valence-corrected chi connectivity index (χ0v) is 11.3. The first-order chi connectivity index (χ1) is 8.56. The van der Waals surface area contributed by atoms with Crippen LogP contribution in [0.15, 0.2) is 24.3 Å². The minimum absolute atomic E-state index is 0.0854. The van der Waals surface area contributed by atoms with Gasteiger partial charge in [0.15, 0.2) is 0 Å². The number of benzene rings is 1. The molecule has 2 atom stereocenters. The molecular weight excluding hydrogens is 249 g/mol. The van der Waals surface area contributed by atoms with Crippen LogP contribution in [-0.4, -0.2) is 17.7 Å². The zero-order valence-electron chi connectivity index (χ0n) is 10.4. The molecule has 1 rings (SSSR count). The van der Waals surface area contributed by atoms with Crippen molar-refractivity contribution in [3.8, 4) is 12.3 Å². The Morgan fingerprint density at radius 3 is 2.78 bits per heavy atom. The quantitative estimate of drug-likeness (QED) is 0.829. The van der Waals surface area contributed by atoms with Crippen LogP contribution in [0.25, 0.3) is 0 Å². The van der Waals surface area contributed by atoms with Crippen molar-refractivity contribution < 1.29 is 9.18 Å². The van der Waals surface area contributed by atoms with E-state index < -0.39 is 0 Å². The summed E-state index contributed by atoms with van der Waals surface area (Å²) in [6.07, 6.45) is 5.07. The van der Waals surface area contributed by atoms with Crippen LogP contribution < -0.4 is 5.32 Å². The Morgan fingerprint density at radius 1 is 1.50 bits per heavy atom. The standard InChI is InChI=1S/C14H16FNOS/c1-4-9-16-14(17)11(3)18-10(2)12-7-5-6-8-13(12)15/h1,5-8,10-11H,9H2,2-3H3,(H,16,17). The number of carbonyl (C=O) groups excluding carboxylic acids is 1.